The molecule has 21 heavy (non-hydrogen) atoms. The lowest BCUT2D eigenvalue weighted by molar-refractivity contribution is 0.469. The maximum absolute atomic E-state index is 10.6. The van der Waals surface area contributed by atoms with Gasteiger partial charge in [0.1, 0.15) is 5.65 Å². The Morgan fingerprint density at radius 1 is 1.48 bits per heavy atom. The zero-order chi connectivity index (χ0) is 14.8. The molecule has 2 unspecified atom stereocenters. The molecular weight excluding hydrogens is 288 g/mol. The maximum Gasteiger partial charge on any atom is 0.137 e. The number of rotatable bonds is 5. The highest BCUT2D eigenvalue weighted by molar-refractivity contribution is 7.79. The van der Waals surface area contributed by atoms with Crippen molar-refractivity contribution in [1.29, 1.82) is 0 Å². The van der Waals surface area contributed by atoms with Crippen LogP contribution in [-0.4, -0.2) is 34.3 Å². The smallest absolute Gasteiger partial charge is 0.137 e. The SMILES string of the molecule is CC(CCS(=O)[O-])n1cc(-c2ccnc3[nH]ccc23)cn1. The topological polar surface area (TPSA) is 86.6 Å². The van der Waals surface area contributed by atoms with Crippen LogP contribution in [0, 0.1) is 0 Å². The van der Waals surface area contributed by atoms with E-state index in [0.717, 1.165) is 22.2 Å². The van der Waals surface area contributed by atoms with Crippen LogP contribution in [0.2, 0.25) is 0 Å². The number of nitrogens with zero attached hydrogens (tertiary/aromatic N) is 3. The molecule has 0 aliphatic rings. The van der Waals surface area contributed by atoms with Gasteiger partial charge in [0.2, 0.25) is 0 Å². The highest BCUT2D eigenvalue weighted by Gasteiger charge is 2.10. The lowest BCUT2D eigenvalue weighted by Gasteiger charge is -2.12. The Hall–Kier alpha value is -1.99. The minimum Gasteiger partial charge on any atom is -0.772 e. The Morgan fingerprint density at radius 3 is 3.14 bits per heavy atom. The average molecular weight is 303 g/mol. The number of hydrogen-bond donors (Lipinski definition) is 1. The van der Waals surface area contributed by atoms with Crippen LogP contribution in [0.3, 0.4) is 0 Å². The second kappa shape index (κ2) is 5.79. The first-order valence-corrected chi connectivity index (χ1v) is 7.92. The van der Waals surface area contributed by atoms with Gasteiger partial charge in [-0.05, 0) is 31.0 Å². The molecule has 3 rings (SSSR count). The van der Waals surface area contributed by atoms with E-state index in [1.165, 1.54) is 0 Å². The van der Waals surface area contributed by atoms with Gasteiger partial charge in [0.25, 0.3) is 0 Å². The van der Waals surface area contributed by atoms with Crippen molar-refractivity contribution in [3.8, 4) is 11.1 Å². The van der Waals surface area contributed by atoms with Crippen molar-refractivity contribution in [1.82, 2.24) is 19.7 Å². The normalized spacial score (nSPS) is 14.4. The standard InChI is InChI=1S/C14H16N4O2S/c1-10(4-7-21(19)20)18-9-11(8-17-18)12-2-5-15-14-13(12)3-6-16-14/h2-3,5-6,8-10H,4,7H2,1H3,(H,15,16)(H,19,20)/p-1. The molecule has 1 N–H and O–H groups in total. The van der Waals surface area contributed by atoms with Crippen molar-refractivity contribution >= 4 is 22.1 Å². The van der Waals surface area contributed by atoms with Gasteiger partial charge in [-0.1, -0.05) is 11.1 Å². The van der Waals surface area contributed by atoms with Gasteiger partial charge in [-0.25, -0.2) is 4.98 Å². The summed E-state index contributed by atoms with van der Waals surface area (Å²) in [6, 6.07) is 3.98. The number of hydrogen-bond acceptors (Lipinski definition) is 4. The van der Waals surface area contributed by atoms with E-state index >= 15 is 0 Å². The fourth-order valence-electron chi connectivity index (χ4n) is 2.33. The third kappa shape index (κ3) is 2.88. The minimum atomic E-state index is -2.01. The van der Waals surface area contributed by atoms with Gasteiger partial charge < -0.3 is 9.54 Å². The van der Waals surface area contributed by atoms with Gasteiger partial charge in [-0.2, -0.15) is 5.10 Å². The minimum absolute atomic E-state index is 0.0419. The van der Waals surface area contributed by atoms with E-state index in [9.17, 15) is 8.76 Å². The van der Waals surface area contributed by atoms with Crippen LogP contribution in [0.1, 0.15) is 19.4 Å². The number of nitrogens with one attached hydrogen (secondary N) is 1. The molecule has 0 spiro atoms. The molecule has 2 atom stereocenters. The summed E-state index contributed by atoms with van der Waals surface area (Å²) in [5, 5.41) is 5.39. The molecule has 3 heterocycles. The summed E-state index contributed by atoms with van der Waals surface area (Å²) in [4.78, 5) is 7.35. The van der Waals surface area contributed by atoms with Crippen molar-refractivity contribution in [2.75, 3.05) is 5.75 Å². The molecule has 0 saturated carbocycles. The molecule has 0 fully saturated rings. The van der Waals surface area contributed by atoms with Crippen LogP contribution < -0.4 is 0 Å². The zero-order valence-corrected chi connectivity index (χ0v) is 12.3. The molecule has 0 amide bonds. The predicted molar refractivity (Wildman–Crippen MR) is 80.4 cm³/mol. The van der Waals surface area contributed by atoms with E-state index < -0.39 is 11.1 Å². The molecule has 0 aliphatic carbocycles. The van der Waals surface area contributed by atoms with Crippen LogP contribution >= 0.6 is 0 Å². The molecule has 0 saturated heterocycles. The summed E-state index contributed by atoms with van der Waals surface area (Å²) in [5.74, 6) is 0.147. The number of aromatic nitrogens is 4. The first kappa shape index (κ1) is 14.0. The van der Waals surface area contributed by atoms with E-state index in [1.54, 1.807) is 17.1 Å². The monoisotopic (exact) mass is 303 g/mol. The van der Waals surface area contributed by atoms with Crippen LogP contribution in [0.4, 0.5) is 0 Å². The second-order valence-electron chi connectivity index (χ2n) is 4.95. The second-order valence-corrected chi connectivity index (χ2v) is 5.97. The van der Waals surface area contributed by atoms with E-state index in [1.807, 2.05) is 31.5 Å². The number of fused-ring (bicyclic) bond motifs is 1. The van der Waals surface area contributed by atoms with Crippen molar-refractivity contribution in [3.63, 3.8) is 0 Å². The van der Waals surface area contributed by atoms with E-state index in [2.05, 4.69) is 15.1 Å². The number of H-pyrrole nitrogens is 1. The highest BCUT2D eigenvalue weighted by Crippen LogP contribution is 2.27. The Balaban J connectivity index is 1.88. The predicted octanol–water partition coefficient (Wildman–Crippen LogP) is 2.26. The molecule has 110 valence electrons. The molecule has 0 radical (unpaired) electrons. The summed E-state index contributed by atoms with van der Waals surface area (Å²) in [6.45, 7) is 1.96. The average Bonchev–Trinajstić information content (AvgIpc) is 3.12. The van der Waals surface area contributed by atoms with Crippen molar-refractivity contribution < 1.29 is 8.76 Å². The number of aromatic amines is 1. The van der Waals surface area contributed by atoms with Gasteiger partial charge in [-0.15, -0.1) is 0 Å². The quantitative estimate of drug-likeness (QED) is 0.732. The summed E-state index contributed by atoms with van der Waals surface area (Å²) >= 11 is -2.01. The molecular formula is C14H15N4O2S-. The molecule has 3 aromatic rings. The van der Waals surface area contributed by atoms with Crippen LogP contribution in [-0.2, 0) is 11.1 Å². The van der Waals surface area contributed by atoms with Gasteiger partial charge in [0, 0.05) is 41.3 Å². The fourth-order valence-corrected chi connectivity index (χ4v) is 2.86. The Bertz CT molecular complexity index is 780. The Morgan fingerprint density at radius 2 is 2.33 bits per heavy atom. The largest absolute Gasteiger partial charge is 0.772 e. The lowest BCUT2D eigenvalue weighted by Crippen LogP contribution is -2.09. The maximum atomic E-state index is 10.6. The fraction of sp³-hybridized carbons (Fsp3) is 0.286. The summed E-state index contributed by atoms with van der Waals surface area (Å²) in [7, 11) is 0. The van der Waals surface area contributed by atoms with Crippen molar-refractivity contribution in [2.24, 2.45) is 0 Å². The third-order valence-corrected chi connectivity index (χ3v) is 4.10. The van der Waals surface area contributed by atoms with E-state index in [4.69, 9.17) is 0 Å². The summed E-state index contributed by atoms with van der Waals surface area (Å²) in [5.41, 5.74) is 2.90. The van der Waals surface area contributed by atoms with Crippen LogP contribution in [0.25, 0.3) is 22.2 Å². The van der Waals surface area contributed by atoms with Crippen molar-refractivity contribution in [2.45, 2.75) is 19.4 Å². The first-order valence-electron chi connectivity index (χ1n) is 6.67. The molecule has 3 aromatic heterocycles. The molecule has 7 heteroatoms. The van der Waals surface area contributed by atoms with E-state index in [0.29, 0.717) is 6.42 Å². The highest BCUT2D eigenvalue weighted by atomic mass is 32.2. The third-order valence-electron chi connectivity index (χ3n) is 3.53. The lowest BCUT2D eigenvalue weighted by atomic mass is 10.1. The zero-order valence-electron chi connectivity index (χ0n) is 11.5. The van der Waals surface area contributed by atoms with Gasteiger partial charge in [0.05, 0.1) is 6.20 Å². The van der Waals surface area contributed by atoms with Crippen molar-refractivity contribution in [3.05, 3.63) is 36.9 Å². The molecule has 6 nitrogen and oxygen atoms in total. The summed E-state index contributed by atoms with van der Waals surface area (Å²) in [6.07, 6.45) is 7.91. The van der Waals surface area contributed by atoms with Crippen LogP contribution in [0.5, 0.6) is 0 Å². The Kier molecular flexibility index (Phi) is 3.85. The van der Waals surface area contributed by atoms with E-state index in [-0.39, 0.29) is 11.8 Å². The molecule has 0 aromatic carbocycles. The molecule has 0 aliphatic heterocycles. The first-order chi connectivity index (χ1) is 10.1. The van der Waals surface area contributed by atoms with Gasteiger partial charge in [-0.3, -0.25) is 8.89 Å². The van der Waals surface area contributed by atoms with Gasteiger partial charge >= 0.3 is 0 Å². The summed E-state index contributed by atoms with van der Waals surface area (Å²) < 4.78 is 23.1. The molecule has 0 bridgehead atoms. The van der Waals surface area contributed by atoms with Crippen LogP contribution in [0.15, 0.2) is 36.9 Å². The van der Waals surface area contributed by atoms with Gasteiger partial charge in [0.15, 0.2) is 0 Å². The number of pyridine rings is 1. The Labute approximate surface area is 124 Å².